The molecule has 1 aliphatic rings. The van der Waals surface area contributed by atoms with Crippen LogP contribution in [0.3, 0.4) is 0 Å². The number of nitrogens with zero attached hydrogens (tertiary/aromatic N) is 1. The molecule has 0 aliphatic carbocycles. The molecule has 1 fully saturated rings. The van der Waals surface area contributed by atoms with Crippen LogP contribution in [0, 0.1) is 0 Å². The third-order valence-electron chi connectivity index (χ3n) is 5.02. The lowest BCUT2D eigenvalue weighted by molar-refractivity contribution is 0.0158. The molecule has 0 radical (unpaired) electrons. The fraction of sp³-hybridized carbons (Fsp3) is 0.667. The summed E-state index contributed by atoms with van der Waals surface area (Å²) < 4.78 is 5.47. The predicted molar refractivity (Wildman–Crippen MR) is 103 cm³/mol. The van der Waals surface area contributed by atoms with Crippen molar-refractivity contribution in [1.82, 2.24) is 10.2 Å². The van der Waals surface area contributed by atoms with Gasteiger partial charge in [-0.05, 0) is 65.0 Å². The van der Waals surface area contributed by atoms with Gasteiger partial charge in [0, 0.05) is 18.6 Å². The molecule has 1 aliphatic heterocycles. The third-order valence-corrected chi connectivity index (χ3v) is 5.02. The first kappa shape index (κ1) is 19.8. The summed E-state index contributed by atoms with van der Waals surface area (Å²) in [7, 11) is 0. The lowest BCUT2D eigenvalue weighted by Gasteiger charge is -2.40. The smallest absolute Gasteiger partial charge is 0.410 e. The number of amides is 1. The number of piperidine rings is 1. The zero-order valence-corrected chi connectivity index (χ0v) is 16.5. The predicted octanol–water partition coefficient (Wildman–Crippen LogP) is 4.56. The van der Waals surface area contributed by atoms with Crippen LogP contribution in [0.4, 0.5) is 4.79 Å². The topological polar surface area (TPSA) is 41.6 Å². The van der Waals surface area contributed by atoms with E-state index in [9.17, 15) is 4.79 Å². The second-order valence-electron chi connectivity index (χ2n) is 8.56. The molecule has 0 bridgehead atoms. The number of likely N-dealkylation sites (tertiary alicyclic amines) is 1. The van der Waals surface area contributed by atoms with Crippen molar-refractivity contribution < 1.29 is 9.53 Å². The molecule has 1 saturated heterocycles. The van der Waals surface area contributed by atoms with Crippen molar-refractivity contribution in [1.29, 1.82) is 0 Å². The van der Waals surface area contributed by atoms with Crippen molar-refractivity contribution >= 4 is 6.09 Å². The number of ether oxygens (including phenoxy) is 1. The van der Waals surface area contributed by atoms with E-state index in [1.165, 1.54) is 5.56 Å². The maximum atomic E-state index is 12.2. The monoisotopic (exact) mass is 346 g/mol. The zero-order chi connectivity index (χ0) is 18.5. The molecule has 1 aromatic carbocycles. The Labute approximate surface area is 152 Å². The molecule has 0 spiro atoms. The third kappa shape index (κ3) is 6.35. The van der Waals surface area contributed by atoms with Crippen LogP contribution < -0.4 is 5.32 Å². The molecule has 1 aromatic rings. The van der Waals surface area contributed by atoms with E-state index in [0.717, 1.165) is 38.9 Å². The Balaban J connectivity index is 1.74. The molecule has 140 valence electrons. The number of carbonyl (C=O) groups is 1. The quantitative estimate of drug-likeness (QED) is 0.850. The molecule has 2 rings (SSSR count). The van der Waals surface area contributed by atoms with Gasteiger partial charge >= 0.3 is 6.09 Å². The highest BCUT2D eigenvalue weighted by Gasteiger charge is 2.33. The van der Waals surface area contributed by atoms with Crippen molar-refractivity contribution in [3.05, 3.63) is 35.9 Å². The van der Waals surface area contributed by atoms with E-state index in [1.807, 2.05) is 25.7 Å². The number of rotatable bonds is 5. The molecule has 1 N–H and O–H groups in total. The molecule has 4 heteroatoms. The maximum Gasteiger partial charge on any atom is 0.410 e. The molecule has 1 atom stereocenters. The Bertz CT molecular complexity index is 543. The number of benzene rings is 1. The number of hydrogen-bond donors (Lipinski definition) is 1. The molecular weight excluding hydrogens is 312 g/mol. The van der Waals surface area contributed by atoms with E-state index in [0.29, 0.717) is 5.92 Å². The van der Waals surface area contributed by atoms with Gasteiger partial charge in [0.15, 0.2) is 0 Å². The SMILES string of the molecule is CC(CCNC1(C)CCN(C(=O)OC(C)(C)C)CC1)c1ccccc1. The van der Waals surface area contributed by atoms with Crippen LogP contribution in [-0.2, 0) is 4.74 Å². The van der Waals surface area contributed by atoms with Gasteiger partial charge in [-0.3, -0.25) is 0 Å². The molecule has 0 aromatic heterocycles. The van der Waals surface area contributed by atoms with Gasteiger partial charge in [0.1, 0.15) is 5.60 Å². The molecular formula is C21H34N2O2. The van der Waals surface area contributed by atoms with E-state index in [-0.39, 0.29) is 11.6 Å². The molecule has 0 saturated carbocycles. The minimum Gasteiger partial charge on any atom is -0.444 e. The van der Waals surface area contributed by atoms with Gasteiger partial charge < -0.3 is 15.0 Å². The van der Waals surface area contributed by atoms with Gasteiger partial charge in [-0.1, -0.05) is 37.3 Å². The molecule has 25 heavy (non-hydrogen) atoms. The summed E-state index contributed by atoms with van der Waals surface area (Å²) in [6, 6.07) is 10.7. The van der Waals surface area contributed by atoms with Crippen molar-refractivity contribution in [2.24, 2.45) is 0 Å². The van der Waals surface area contributed by atoms with Gasteiger partial charge in [-0.15, -0.1) is 0 Å². The second-order valence-corrected chi connectivity index (χ2v) is 8.56. The summed E-state index contributed by atoms with van der Waals surface area (Å²) in [4.78, 5) is 14.0. The van der Waals surface area contributed by atoms with Crippen LogP contribution in [0.25, 0.3) is 0 Å². The zero-order valence-electron chi connectivity index (χ0n) is 16.5. The minimum atomic E-state index is -0.427. The fourth-order valence-corrected chi connectivity index (χ4v) is 3.22. The van der Waals surface area contributed by atoms with Gasteiger partial charge in [0.25, 0.3) is 0 Å². The minimum absolute atomic E-state index is 0.106. The Kier molecular flexibility index (Phi) is 6.50. The number of hydrogen-bond acceptors (Lipinski definition) is 3. The van der Waals surface area contributed by atoms with Crippen molar-refractivity contribution in [3.8, 4) is 0 Å². The first-order valence-electron chi connectivity index (χ1n) is 9.46. The van der Waals surface area contributed by atoms with E-state index in [4.69, 9.17) is 4.74 Å². The maximum absolute atomic E-state index is 12.2. The van der Waals surface area contributed by atoms with Crippen LogP contribution in [0.15, 0.2) is 30.3 Å². The van der Waals surface area contributed by atoms with E-state index < -0.39 is 5.60 Å². The van der Waals surface area contributed by atoms with Crippen LogP contribution in [0.1, 0.15) is 65.4 Å². The second kappa shape index (κ2) is 8.22. The lowest BCUT2D eigenvalue weighted by atomic mass is 9.89. The van der Waals surface area contributed by atoms with Crippen molar-refractivity contribution in [2.45, 2.75) is 70.9 Å². The van der Waals surface area contributed by atoms with Gasteiger partial charge in [-0.25, -0.2) is 4.79 Å². The first-order chi connectivity index (χ1) is 11.7. The molecule has 4 nitrogen and oxygen atoms in total. The average molecular weight is 347 g/mol. The van der Waals surface area contributed by atoms with Gasteiger partial charge in [0.2, 0.25) is 0 Å². The summed E-state index contributed by atoms with van der Waals surface area (Å²) in [6.45, 7) is 12.8. The Morgan fingerprint density at radius 3 is 2.40 bits per heavy atom. The molecule has 1 unspecified atom stereocenters. The van der Waals surface area contributed by atoms with Gasteiger partial charge in [0.05, 0.1) is 0 Å². The highest BCUT2D eigenvalue weighted by molar-refractivity contribution is 5.68. The van der Waals surface area contributed by atoms with Crippen LogP contribution in [0.2, 0.25) is 0 Å². The lowest BCUT2D eigenvalue weighted by Crippen LogP contribution is -2.53. The van der Waals surface area contributed by atoms with E-state index in [2.05, 4.69) is 49.5 Å². The van der Waals surface area contributed by atoms with E-state index >= 15 is 0 Å². The summed E-state index contributed by atoms with van der Waals surface area (Å²) >= 11 is 0. The fourth-order valence-electron chi connectivity index (χ4n) is 3.22. The van der Waals surface area contributed by atoms with E-state index in [1.54, 1.807) is 0 Å². The highest BCUT2D eigenvalue weighted by Crippen LogP contribution is 2.24. The largest absolute Gasteiger partial charge is 0.444 e. The summed E-state index contributed by atoms with van der Waals surface area (Å²) in [6.07, 6.45) is 2.86. The Morgan fingerprint density at radius 2 is 1.84 bits per heavy atom. The summed E-state index contributed by atoms with van der Waals surface area (Å²) in [5.74, 6) is 0.555. The summed E-state index contributed by atoms with van der Waals surface area (Å²) in [5, 5.41) is 3.73. The first-order valence-corrected chi connectivity index (χ1v) is 9.46. The normalized spacial score (nSPS) is 18.7. The van der Waals surface area contributed by atoms with Crippen molar-refractivity contribution in [2.75, 3.05) is 19.6 Å². The Hall–Kier alpha value is -1.55. The number of nitrogens with one attached hydrogen (secondary N) is 1. The van der Waals surface area contributed by atoms with Crippen LogP contribution in [0.5, 0.6) is 0 Å². The van der Waals surface area contributed by atoms with Gasteiger partial charge in [-0.2, -0.15) is 0 Å². The summed E-state index contributed by atoms with van der Waals surface area (Å²) in [5.41, 5.74) is 1.08. The molecule has 1 heterocycles. The number of carbonyl (C=O) groups excluding carboxylic acids is 1. The van der Waals surface area contributed by atoms with Crippen LogP contribution in [-0.4, -0.2) is 41.8 Å². The standard InChI is InChI=1S/C21H34N2O2/c1-17(18-9-7-6-8-10-18)11-14-22-21(5)12-15-23(16-13-21)19(24)25-20(2,3)4/h6-10,17,22H,11-16H2,1-5H3. The molecule has 1 amide bonds. The Morgan fingerprint density at radius 1 is 1.24 bits per heavy atom. The average Bonchev–Trinajstić information content (AvgIpc) is 2.54. The van der Waals surface area contributed by atoms with Crippen molar-refractivity contribution in [3.63, 3.8) is 0 Å². The van der Waals surface area contributed by atoms with Crippen LogP contribution >= 0.6 is 0 Å². The highest BCUT2D eigenvalue weighted by atomic mass is 16.6.